The van der Waals surface area contributed by atoms with Crippen molar-refractivity contribution in [2.75, 3.05) is 6.54 Å². The maximum absolute atomic E-state index is 11.5. The summed E-state index contributed by atoms with van der Waals surface area (Å²) in [6.07, 6.45) is 3.76. The zero-order valence-electron chi connectivity index (χ0n) is 7.95. The van der Waals surface area contributed by atoms with Gasteiger partial charge in [-0.25, -0.2) is 5.43 Å². The summed E-state index contributed by atoms with van der Waals surface area (Å²) in [6, 6.07) is 0. The molecule has 2 rings (SSSR count). The van der Waals surface area contributed by atoms with Crippen LogP contribution in [0.1, 0.15) is 32.1 Å². The lowest BCUT2D eigenvalue weighted by Gasteiger charge is -2.37. The Balaban J connectivity index is 1.88. The van der Waals surface area contributed by atoms with Gasteiger partial charge in [-0.3, -0.25) is 14.6 Å². The minimum atomic E-state index is -0.867. The number of hydrogen-bond acceptors (Lipinski definition) is 3. The first-order chi connectivity index (χ1) is 6.61. The summed E-state index contributed by atoms with van der Waals surface area (Å²) in [5.74, 6) is -0.833. The van der Waals surface area contributed by atoms with Crippen molar-refractivity contribution in [2.45, 2.75) is 37.6 Å². The van der Waals surface area contributed by atoms with Crippen LogP contribution in [0.15, 0.2) is 0 Å². The lowest BCUT2D eigenvalue weighted by Crippen LogP contribution is -2.51. The first kappa shape index (κ1) is 9.45. The lowest BCUT2D eigenvalue weighted by atomic mass is 9.76. The molecule has 2 aliphatic rings. The minimum Gasteiger partial charge on any atom is -0.481 e. The van der Waals surface area contributed by atoms with Gasteiger partial charge in [0.25, 0.3) is 0 Å². The molecule has 2 fully saturated rings. The van der Waals surface area contributed by atoms with E-state index in [2.05, 4.69) is 5.43 Å². The molecule has 0 atom stereocenters. The molecule has 1 saturated heterocycles. The highest BCUT2D eigenvalue weighted by Gasteiger charge is 2.46. The number of aliphatic carboxylic acids is 1. The highest BCUT2D eigenvalue weighted by atomic mass is 16.4. The Bertz CT molecular complexity index is 273. The van der Waals surface area contributed by atoms with Gasteiger partial charge in [0.15, 0.2) is 0 Å². The number of nitrogens with one attached hydrogen (secondary N) is 1. The van der Waals surface area contributed by atoms with Crippen LogP contribution in [0.2, 0.25) is 0 Å². The zero-order chi connectivity index (χ0) is 10.2. The summed E-state index contributed by atoms with van der Waals surface area (Å²) in [7, 11) is 0. The molecule has 5 nitrogen and oxygen atoms in total. The van der Waals surface area contributed by atoms with Gasteiger partial charge >= 0.3 is 5.97 Å². The zero-order valence-corrected chi connectivity index (χ0v) is 7.95. The van der Waals surface area contributed by atoms with E-state index in [-0.39, 0.29) is 24.4 Å². The number of hydrogen-bond donors (Lipinski definition) is 2. The molecule has 0 aromatic carbocycles. The molecule has 1 saturated carbocycles. The number of carbonyl (C=O) groups excluding carboxylic acids is 1. The summed E-state index contributed by atoms with van der Waals surface area (Å²) in [5, 5.41) is 9.96. The fourth-order valence-corrected chi connectivity index (χ4v) is 2.05. The second kappa shape index (κ2) is 3.24. The monoisotopic (exact) mass is 198 g/mol. The molecule has 1 spiro atoms. The van der Waals surface area contributed by atoms with Gasteiger partial charge < -0.3 is 5.11 Å². The summed E-state index contributed by atoms with van der Waals surface area (Å²) < 4.78 is 0. The molecule has 2 N–H and O–H groups in total. The predicted molar refractivity (Wildman–Crippen MR) is 48.3 cm³/mol. The largest absolute Gasteiger partial charge is 0.481 e. The SMILES string of the molecule is O=C(O)CCN1NC2(CCC2)CC1=O. The number of hydrazine groups is 1. The third-order valence-corrected chi connectivity index (χ3v) is 3.02. The van der Waals surface area contributed by atoms with Crippen LogP contribution in [-0.4, -0.2) is 34.1 Å². The van der Waals surface area contributed by atoms with E-state index in [4.69, 9.17) is 5.11 Å². The van der Waals surface area contributed by atoms with Crippen molar-refractivity contribution >= 4 is 11.9 Å². The topological polar surface area (TPSA) is 69.6 Å². The number of nitrogens with zero attached hydrogens (tertiary/aromatic N) is 1. The molecule has 0 aromatic rings. The van der Waals surface area contributed by atoms with Crippen molar-refractivity contribution in [3.8, 4) is 0 Å². The van der Waals surface area contributed by atoms with Gasteiger partial charge in [-0.05, 0) is 19.3 Å². The fraction of sp³-hybridized carbons (Fsp3) is 0.778. The van der Waals surface area contributed by atoms with Crippen molar-refractivity contribution in [3.05, 3.63) is 0 Å². The van der Waals surface area contributed by atoms with Crippen LogP contribution in [-0.2, 0) is 9.59 Å². The molecule has 14 heavy (non-hydrogen) atoms. The van der Waals surface area contributed by atoms with Gasteiger partial charge in [-0.15, -0.1) is 0 Å². The second-order valence-electron chi connectivity index (χ2n) is 4.11. The normalized spacial score (nSPS) is 24.0. The van der Waals surface area contributed by atoms with E-state index in [1.807, 2.05) is 0 Å². The third-order valence-electron chi connectivity index (χ3n) is 3.02. The number of carboxylic acid groups (broad SMARTS) is 1. The predicted octanol–water partition coefficient (Wildman–Crippen LogP) is 0.121. The van der Waals surface area contributed by atoms with Gasteiger partial charge in [0, 0.05) is 18.5 Å². The van der Waals surface area contributed by atoms with Gasteiger partial charge in [0.05, 0.1) is 6.42 Å². The van der Waals surface area contributed by atoms with E-state index in [0.717, 1.165) is 19.3 Å². The molecule has 78 valence electrons. The van der Waals surface area contributed by atoms with Crippen molar-refractivity contribution < 1.29 is 14.7 Å². The van der Waals surface area contributed by atoms with Crippen LogP contribution in [0, 0.1) is 0 Å². The average molecular weight is 198 g/mol. The number of carboxylic acids is 1. The van der Waals surface area contributed by atoms with Gasteiger partial charge in [0.1, 0.15) is 0 Å². The smallest absolute Gasteiger partial charge is 0.305 e. The van der Waals surface area contributed by atoms with Crippen LogP contribution in [0.5, 0.6) is 0 Å². The molecule has 0 unspecified atom stereocenters. The van der Waals surface area contributed by atoms with Crippen LogP contribution < -0.4 is 5.43 Å². The number of rotatable bonds is 3. The summed E-state index contributed by atoms with van der Waals surface area (Å²) in [5.41, 5.74) is 3.11. The minimum absolute atomic E-state index is 0.00875. The van der Waals surface area contributed by atoms with Crippen LogP contribution in [0.3, 0.4) is 0 Å². The molecule has 0 radical (unpaired) electrons. The first-order valence-corrected chi connectivity index (χ1v) is 4.91. The van der Waals surface area contributed by atoms with E-state index >= 15 is 0 Å². The van der Waals surface area contributed by atoms with Crippen molar-refractivity contribution in [1.82, 2.24) is 10.4 Å². The van der Waals surface area contributed by atoms with Crippen LogP contribution >= 0.6 is 0 Å². The average Bonchev–Trinajstić information content (AvgIpc) is 2.39. The Morgan fingerprint density at radius 2 is 2.29 bits per heavy atom. The number of carbonyl (C=O) groups is 2. The first-order valence-electron chi connectivity index (χ1n) is 4.91. The van der Waals surface area contributed by atoms with Crippen molar-refractivity contribution in [1.29, 1.82) is 0 Å². The Morgan fingerprint density at radius 3 is 2.71 bits per heavy atom. The van der Waals surface area contributed by atoms with Crippen LogP contribution in [0.25, 0.3) is 0 Å². The molecular weight excluding hydrogens is 184 g/mol. The van der Waals surface area contributed by atoms with E-state index in [1.54, 1.807) is 0 Å². The molecular formula is C9H14N2O3. The Hall–Kier alpha value is -1.10. The second-order valence-corrected chi connectivity index (χ2v) is 4.11. The van der Waals surface area contributed by atoms with Gasteiger partial charge in [0.2, 0.25) is 5.91 Å². The molecule has 1 amide bonds. The van der Waals surface area contributed by atoms with Crippen molar-refractivity contribution in [2.24, 2.45) is 0 Å². The molecule has 1 heterocycles. The molecule has 1 aliphatic heterocycles. The molecule has 0 bridgehead atoms. The highest BCUT2D eigenvalue weighted by molar-refractivity contribution is 5.80. The molecule has 5 heteroatoms. The Kier molecular flexibility index (Phi) is 2.19. The van der Waals surface area contributed by atoms with E-state index in [0.29, 0.717) is 6.42 Å². The highest BCUT2D eigenvalue weighted by Crippen LogP contribution is 2.38. The fourth-order valence-electron chi connectivity index (χ4n) is 2.05. The summed E-state index contributed by atoms with van der Waals surface area (Å²) >= 11 is 0. The van der Waals surface area contributed by atoms with Gasteiger partial charge in [-0.2, -0.15) is 0 Å². The lowest BCUT2D eigenvalue weighted by molar-refractivity contribution is -0.138. The van der Waals surface area contributed by atoms with E-state index in [1.165, 1.54) is 5.01 Å². The summed E-state index contributed by atoms with van der Waals surface area (Å²) in [6.45, 7) is 0.274. The van der Waals surface area contributed by atoms with Crippen molar-refractivity contribution in [3.63, 3.8) is 0 Å². The maximum Gasteiger partial charge on any atom is 0.305 e. The Labute approximate surface area is 82.0 Å². The summed E-state index contributed by atoms with van der Waals surface area (Å²) in [4.78, 5) is 21.8. The quantitative estimate of drug-likeness (QED) is 0.675. The molecule has 1 aliphatic carbocycles. The number of amides is 1. The maximum atomic E-state index is 11.5. The Morgan fingerprint density at radius 1 is 1.57 bits per heavy atom. The van der Waals surface area contributed by atoms with E-state index < -0.39 is 5.97 Å². The molecule has 0 aromatic heterocycles. The third kappa shape index (κ3) is 1.59. The van der Waals surface area contributed by atoms with Gasteiger partial charge in [-0.1, -0.05) is 0 Å². The standard InChI is InChI=1S/C9H14N2O3/c12-7-6-9(3-1-4-9)10-11(7)5-2-8(13)14/h10H,1-6H2,(H,13,14). The van der Waals surface area contributed by atoms with Crippen LogP contribution in [0.4, 0.5) is 0 Å². The van der Waals surface area contributed by atoms with E-state index in [9.17, 15) is 9.59 Å².